The predicted molar refractivity (Wildman–Crippen MR) is 123 cm³/mol. The van der Waals surface area contributed by atoms with Gasteiger partial charge in [-0.15, -0.1) is 0 Å². The van der Waals surface area contributed by atoms with Crippen molar-refractivity contribution in [1.82, 2.24) is 14.9 Å². The van der Waals surface area contributed by atoms with Crippen LogP contribution in [0, 0.1) is 18.6 Å². The number of nitrogens with one attached hydrogen (secondary N) is 1. The number of rotatable bonds is 6. The Labute approximate surface area is 196 Å². The van der Waals surface area contributed by atoms with Crippen LogP contribution in [0.15, 0.2) is 36.5 Å². The van der Waals surface area contributed by atoms with Gasteiger partial charge in [0.05, 0.1) is 18.3 Å². The molecule has 2 aromatic heterocycles. The van der Waals surface area contributed by atoms with Gasteiger partial charge in [0.15, 0.2) is 0 Å². The number of benzene rings is 1. The highest BCUT2D eigenvalue weighted by Crippen LogP contribution is 2.50. The van der Waals surface area contributed by atoms with Crippen molar-refractivity contribution >= 4 is 11.7 Å². The Balaban J connectivity index is 1.45. The summed E-state index contributed by atoms with van der Waals surface area (Å²) in [5, 5.41) is 3.14. The first-order valence-corrected chi connectivity index (χ1v) is 11.4. The number of nitrogens with zero attached hydrogens (tertiary/aromatic N) is 3. The summed E-state index contributed by atoms with van der Waals surface area (Å²) in [6.45, 7) is 6.30. The second-order valence-corrected chi connectivity index (χ2v) is 9.07. The summed E-state index contributed by atoms with van der Waals surface area (Å²) < 4.78 is 44.9. The molecule has 8 heteroatoms. The van der Waals surface area contributed by atoms with Crippen molar-refractivity contribution in [2.24, 2.45) is 0 Å². The lowest BCUT2D eigenvalue weighted by molar-refractivity contribution is 0.0787. The summed E-state index contributed by atoms with van der Waals surface area (Å²) >= 11 is 0. The Bertz CT molecular complexity index is 1310. The van der Waals surface area contributed by atoms with Gasteiger partial charge in [0, 0.05) is 40.7 Å². The molecule has 0 radical (unpaired) electrons. The van der Waals surface area contributed by atoms with Gasteiger partial charge in [-0.3, -0.25) is 9.78 Å². The zero-order valence-corrected chi connectivity index (χ0v) is 19.3. The van der Waals surface area contributed by atoms with Crippen molar-refractivity contribution in [3.8, 4) is 11.3 Å². The number of carbonyl (C=O) groups excluding carboxylic acids is 1. The SMILES string of the molecule is CCN1Cc2c(ccnc2N[C@@H](C)c2cc(F)c(-c3cc(C4(F)CC4)cc(C)n3)cc2F)C1=O. The van der Waals surface area contributed by atoms with Crippen LogP contribution in [0.25, 0.3) is 11.3 Å². The fraction of sp³-hybridized carbons (Fsp3) is 0.346. The van der Waals surface area contributed by atoms with Crippen molar-refractivity contribution in [2.45, 2.75) is 51.9 Å². The topological polar surface area (TPSA) is 58.1 Å². The van der Waals surface area contributed by atoms with Gasteiger partial charge >= 0.3 is 0 Å². The monoisotopic (exact) mass is 466 g/mol. The molecule has 34 heavy (non-hydrogen) atoms. The molecule has 0 saturated heterocycles. The van der Waals surface area contributed by atoms with Gasteiger partial charge in [0.1, 0.15) is 23.1 Å². The number of alkyl halides is 1. The first-order valence-electron chi connectivity index (χ1n) is 11.4. The zero-order valence-electron chi connectivity index (χ0n) is 19.3. The molecular formula is C26H25F3N4O. The van der Waals surface area contributed by atoms with Crippen LogP contribution in [0.1, 0.15) is 65.5 Å². The van der Waals surface area contributed by atoms with Crippen molar-refractivity contribution in [2.75, 3.05) is 11.9 Å². The molecular weight excluding hydrogens is 441 g/mol. The van der Waals surface area contributed by atoms with Gasteiger partial charge in [-0.1, -0.05) is 0 Å². The Morgan fingerprint density at radius 2 is 1.91 bits per heavy atom. The molecule has 1 fully saturated rings. The summed E-state index contributed by atoms with van der Waals surface area (Å²) in [7, 11) is 0. The third kappa shape index (κ3) is 3.81. The lowest BCUT2D eigenvalue weighted by atomic mass is 10.00. The molecule has 3 heterocycles. The van der Waals surface area contributed by atoms with E-state index in [0.717, 1.165) is 17.7 Å². The van der Waals surface area contributed by atoms with Crippen LogP contribution in [0.2, 0.25) is 0 Å². The lowest BCUT2D eigenvalue weighted by Gasteiger charge is -2.19. The summed E-state index contributed by atoms with van der Waals surface area (Å²) in [6.07, 6.45) is 2.38. The summed E-state index contributed by atoms with van der Waals surface area (Å²) in [4.78, 5) is 22.8. The van der Waals surface area contributed by atoms with Crippen LogP contribution in [0.5, 0.6) is 0 Å². The van der Waals surface area contributed by atoms with Gasteiger partial charge in [-0.25, -0.2) is 18.2 Å². The standard InChI is InChI=1S/C26H25F3N4O/c1-4-33-13-20-17(25(33)34)5-8-30-24(20)32-15(3)18-11-22(28)19(12-21(18)27)23-10-16(9-14(2)31-23)26(29)6-7-26/h5,8-12,15H,4,6-7,13H2,1-3H3,(H,30,32)/t15-/m0/s1. The van der Waals surface area contributed by atoms with Crippen LogP contribution in [-0.2, 0) is 12.2 Å². The summed E-state index contributed by atoms with van der Waals surface area (Å²) in [5.74, 6) is -0.845. The molecule has 1 aliphatic carbocycles. The molecule has 5 nitrogen and oxygen atoms in total. The van der Waals surface area contributed by atoms with Gasteiger partial charge in [0.25, 0.3) is 5.91 Å². The van der Waals surface area contributed by atoms with E-state index >= 15 is 8.78 Å². The van der Waals surface area contributed by atoms with Gasteiger partial charge < -0.3 is 10.2 Å². The number of aromatic nitrogens is 2. The number of hydrogen-bond acceptors (Lipinski definition) is 4. The summed E-state index contributed by atoms with van der Waals surface area (Å²) in [6, 6.07) is 6.46. The molecule has 1 aromatic carbocycles. The number of fused-ring (bicyclic) bond motifs is 1. The maximum Gasteiger partial charge on any atom is 0.254 e. The normalized spacial score (nSPS) is 17.0. The molecule has 1 atom stereocenters. The smallest absolute Gasteiger partial charge is 0.254 e. The molecule has 0 unspecified atom stereocenters. The number of anilines is 1. The van der Waals surface area contributed by atoms with E-state index in [4.69, 9.17) is 0 Å². The molecule has 1 N–H and O–H groups in total. The first-order chi connectivity index (χ1) is 16.2. The molecule has 5 rings (SSSR count). The maximum absolute atomic E-state index is 15.2. The molecule has 1 amide bonds. The minimum Gasteiger partial charge on any atom is -0.363 e. The van der Waals surface area contributed by atoms with Crippen LogP contribution >= 0.6 is 0 Å². The number of aryl methyl sites for hydroxylation is 1. The Morgan fingerprint density at radius 1 is 1.15 bits per heavy atom. The average molecular weight is 467 g/mol. The lowest BCUT2D eigenvalue weighted by Crippen LogP contribution is -2.22. The molecule has 176 valence electrons. The van der Waals surface area contributed by atoms with E-state index in [1.807, 2.05) is 6.92 Å². The van der Waals surface area contributed by atoms with E-state index < -0.39 is 23.3 Å². The number of amides is 1. The van der Waals surface area contributed by atoms with E-state index in [1.54, 1.807) is 30.9 Å². The molecule has 0 spiro atoms. The highest BCUT2D eigenvalue weighted by atomic mass is 19.1. The minimum absolute atomic E-state index is 0.00874. The molecule has 3 aromatic rings. The van der Waals surface area contributed by atoms with Crippen molar-refractivity contribution in [3.63, 3.8) is 0 Å². The fourth-order valence-electron chi connectivity index (χ4n) is 4.50. The second-order valence-electron chi connectivity index (χ2n) is 9.07. The van der Waals surface area contributed by atoms with Crippen LogP contribution in [0.3, 0.4) is 0 Å². The number of carbonyl (C=O) groups is 1. The number of pyridine rings is 2. The largest absolute Gasteiger partial charge is 0.363 e. The van der Waals surface area contributed by atoms with Gasteiger partial charge in [0.2, 0.25) is 0 Å². The Kier molecular flexibility index (Phi) is 5.34. The van der Waals surface area contributed by atoms with E-state index in [1.165, 1.54) is 12.3 Å². The molecule has 0 bridgehead atoms. The van der Waals surface area contributed by atoms with Gasteiger partial charge in [-0.05, 0) is 69.5 Å². The highest BCUT2D eigenvalue weighted by molar-refractivity contribution is 5.99. The third-order valence-corrected chi connectivity index (χ3v) is 6.65. The Hall–Kier alpha value is -3.42. The summed E-state index contributed by atoms with van der Waals surface area (Å²) in [5.41, 5.74) is 1.24. The minimum atomic E-state index is -1.40. The van der Waals surface area contributed by atoms with Gasteiger partial charge in [-0.2, -0.15) is 0 Å². The predicted octanol–water partition coefficient (Wildman–Crippen LogP) is 5.84. The van der Waals surface area contributed by atoms with Crippen LogP contribution < -0.4 is 5.32 Å². The van der Waals surface area contributed by atoms with E-state index in [0.29, 0.717) is 48.6 Å². The third-order valence-electron chi connectivity index (χ3n) is 6.65. The van der Waals surface area contributed by atoms with E-state index in [9.17, 15) is 9.18 Å². The number of hydrogen-bond donors (Lipinski definition) is 1. The first kappa shape index (κ1) is 22.4. The number of halogens is 3. The molecule has 1 saturated carbocycles. The quantitative estimate of drug-likeness (QED) is 0.496. The van der Waals surface area contributed by atoms with E-state index in [-0.39, 0.29) is 22.7 Å². The second kappa shape index (κ2) is 8.11. The zero-order chi connectivity index (χ0) is 24.2. The Morgan fingerprint density at radius 3 is 2.62 bits per heavy atom. The van der Waals surface area contributed by atoms with Crippen molar-refractivity contribution in [1.29, 1.82) is 0 Å². The van der Waals surface area contributed by atoms with Crippen LogP contribution in [0.4, 0.5) is 19.0 Å². The molecule has 1 aliphatic heterocycles. The molecule has 2 aliphatic rings. The fourth-order valence-corrected chi connectivity index (χ4v) is 4.50. The van der Waals surface area contributed by atoms with E-state index in [2.05, 4.69) is 15.3 Å². The highest BCUT2D eigenvalue weighted by Gasteiger charge is 2.45. The van der Waals surface area contributed by atoms with Crippen molar-refractivity contribution < 1.29 is 18.0 Å². The van der Waals surface area contributed by atoms with Crippen LogP contribution in [-0.4, -0.2) is 27.3 Å². The van der Waals surface area contributed by atoms with Crippen molar-refractivity contribution in [3.05, 3.63) is 76.1 Å². The maximum atomic E-state index is 15.2. The average Bonchev–Trinajstić information content (AvgIpc) is 3.48.